The summed E-state index contributed by atoms with van der Waals surface area (Å²) in [6.45, 7) is 5.78. The first-order valence-electron chi connectivity index (χ1n) is 8.13. The standard InChI is InChI=1S/C20H23N3O/c1-15-20(14-21-13-17-8-7-11-19(12-17)24-3)16(2)23(22-15)18-9-5-4-6-10-18/h4-12,21H,13-14H2,1-3H3. The molecule has 0 atom stereocenters. The molecule has 24 heavy (non-hydrogen) atoms. The van der Waals surface area contributed by atoms with Gasteiger partial charge in [-0.05, 0) is 43.7 Å². The molecule has 0 amide bonds. The maximum Gasteiger partial charge on any atom is 0.119 e. The molecule has 1 heterocycles. The Morgan fingerprint density at radius 1 is 1.00 bits per heavy atom. The zero-order chi connectivity index (χ0) is 16.9. The molecule has 0 saturated carbocycles. The Hall–Kier alpha value is -2.59. The number of benzene rings is 2. The fourth-order valence-corrected chi connectivity index (χ4v) is 2.87. The van der Waals surface area contributed by atoms with Gasteiger partial charge >= 0.3 is 0 Å². The molecule has 0 unspecified atom stereocenters. The van der Waals surface area contributed by atoms with Crippen molar-refractivity contribution in [2.45, 2.75) is 26.9 Å². The van der Waals surface area contributed by atoms with E-state index < -0.39 is 0 Å². The van der Waals surface area contributed by atoms with Gasteiger partial charge in [-0.3, -0.25) is 0 Å². The van der Waals surface area contributed by atoms with Crippen LogP contribution >= 0.6 is 0 Å². The highest BCUT2D eigenvalue weighted by molar-refractivity contribution is 5.37. The van der Waals surface area contributed by atoms with Gasteiger partial charge in [0.05, 0.1) is 18.5 Å². The van der Waals surface area contributed by atoms with Crippen molar-refractivity contribution in [1.82, 2.24) is 15.1 Å². The van der Waals surface area contributed by atoms with Crippen LogP contribution in [0.2, 0.25) is 0 Å². The van der Waals surface area contributed by atoms with Crippen LogP contribution in [-0.2, 0) is 13.1 Å². The van der Waals surface area contributed by atoms with Crippen molar-refractivity contribution in [2.75, 3.05) is 7.11 Å². The Bertz CT molecular complexity index is 809. The highest BCUT2D eigenvalue weighted by atomic mass is 16.5. The third kappa shape index (κ3) is 3.49. The normalized spacial score (nSPS) is 10.8. The van der Waals surface area contributed by atoms with Gasteiger partial charge in [0, 0.05) is 24.3 Å². The lowest BCUT2D eigenvalue weighted by molar-refractivity contribution is 0.414. The third-order valence-electron chi connectivity index (χ3n) is 4.21. The van der Waals surface area contributed by atoms with E-state index in [1.54, 1.807) is 7.11 Å². The lowest BCUT2D eigenvalue weighted by Gasteiger charge is -2.08. The average molecular weight is 321 g/mol. The first-order chi connectivity index (χ1) is 11.7. The maximum absolute atomic E-state index is 5.27. The number of hydrogen-bond donors (Lipinski definition) is 1. The van der Waals surface area contributed by atoms with E-state index in [1.165, 1.54) is 16.8 Å². The summed E-state index contributed by atoms with van der Waals surface area (Å²) in [5.74, 6) is 0.888. The predicted octanol–water partition coefficient (Wildman–Crippen LogP) is 3.79. The Balaban J connectivity index is 1.70. The smallest absolute Gasteiger partial charge is 0.119 e. The van der Waals surface area contributed by atoms with Gasteiger partial charge in [-0.2, -0.15) is 5.10 Å². The Kier molecular flexibility index (Phi) is 4.96. The first-order valence-corrected chi connectivity index (χ1v) is 8.13. The van der Waals surface area contributed by atoms with Gasteiger partial charge in [-0.1, -0.05) is 30.3 Å². The maximum atomic E-state index is 5.27. The Labute approximate surface area is 143 Å². The van der Waals surface area contributed by atoms with Crippen molar-refractivity contribution in [2.24, 2.45) is 0 Å². The second-order valence-corrected chi connectivity index (χ2v) is 5.85. The molecule has 4 heteroatoms. The van der Waals surface area contributed by atoms with Crippen molar-refractivity contribution in [3.05, 3.63) is 77.1 Å². The van der Waals surface area contributed by atoms with Gasteiger partial charge < -0.3 is 10.1 Å². The first kappa shape index (κ1) is 16.3. The van der Waals surface area contributed by atoms with Gasteiger partial charge in [0.15, 0.2) is 0 Å². The van der Waals surface area contributed by atoms with Crippen LogP contribution in [0.3, 0.4) is 0 Å². The van der Waals surface area contributed by atoms with Crippen LogP contribution in [0.5, 0.6) is 5.75 Å². The van der Waals surface area contributed by atoms with Crippen molar-refractivity contribution in [1.29, 1.82) is 0 Å². The summed E-state index contributed by atoms with van der Waals surface area (Å²) < 4.78 is 7.28. The molecule has 0 fully saturated rings. The third-order valence-corrected chi connectivity index (χ3v) is 4.21. The minimum absolute atomic E-state index is 0.793. The fourth-order valence-electron chi connectivity index (χ4n) is 2.87. The molecular formula is C20H23N3O. The van der Waals surface area contributed by atoms with E-state index in [4.69, 9.17) is 9.84 Å². The highest BCUT2D eigenvalue weighted by Crippen LogP contribution is 2.18. The van der Waals surface area contributed by atoms with Gasteiger partial charge in [0.2, 0.25) is 0 Å². The van der Waals surface area contributed by atoms with Crippen molar-refractivity contribution >= 4 is 0 Å². The van der Waals surface area contributed by atoms with E-state index in [2.05, 4.69) is 43.4 Å². The molecule has 1 aromatic heterocycles. The van der Waals surface area contributed by atoms with Crippen LogP contribution in [0.1, 0.15) is 22.5 Å². The number of rotatable bonds is 6. The summed E-state index contributed by atoms with van der Waals surface area (Å²) in [6.07, 6.45) is 0. The molecular weight excluding hydrogens is 298 g/mol. The summed E-state index contributed by atoms with van der Waals surface area (Å²) in [6, 6.07) is 18.4. The average Bonchev–Trinajstić information content (AvgIpc) is 2.91. The molecule has 0 spiro atoms. The van der Waals surface area contributed by atoms with Gasteiger partial charge in [-0.15, -0.1) is 0 Å². The summed E-state index contributed by atoms with van der Waals surface area (Å²) >= 11 is 0. The van der Waals surface area contributed by atoms with Crippen LogP contribution in [0.25, 0.3) is 5.69 Å². The zero-order valence-corrected chi connectivity index (χ0v) is 14.4. The number of nitrogens with one attached hydrogen (secondary N) is 1. The number of nitrogens with zero attached hydrogens (tertiary/aromatic N) is 2. The van der Waals surface area contributed by atoms with E-state index in [9.17, 15) is 0 Å². The molecule has 0 bridgehead atoms. The number of aryl methyl sites for hydroxylation is 1. The summed E-state index contributed by atoms with van der Waals surface area (Å²) in [7, 11) is 1.69. The number of methoxy groups -OCH3 is 1. The molecule has 0 aliphatic heterocycles. The molecule has 2 aromatic carbocycles. The number of ether oxygens (including phenoxy) is 1. The Morgan fingerprint density at radius 2 is 1.79 bits per heavy atom. The van der Waals surface area contributed by atoms with Crippen molar-refractivity contribution < 1.29 is 4.74 Å². The van der Waals surface area contributed by atoms with Crippen LogP contribution in [-0.4, -0.2) is 16.9 Å². The summed E-state index contributed by atoms with van der Waals surface area (Å²) in [5, 5.41) is 8.20. The summed E-state index contributed by atoms with van der Waals surface area (Å²) in [5.41, 5.74) is 5.80. The Morgan fingerprint density at radius 3 is 2.54 bits per heavy atom. The van der Waals surface area contributed by atoms with Crippen molar-refractivity contribution in [3.8, 4) is 11.4 Å². The molecule has 0 aliphatic carbocycles. The second kappa shape index (κ2) is 7.32. The van der Waals surface area contributed by atoms with Gasteiger partial charge in [0.1, 0.15) is 5.75 Å². The molecule has 1 N–H and O–H groups in total. The molecule has 0 saturated heterocycles. The van der Waals surface area contributed by atoms with Crippen LogP contribution in [0, 0.1) is 13.8 Å². The predicted molar refractivity (Wildman–Crippen MR) is 96.6 cm³/mol. The number of hydrogen-bond acceptors (Lipinski definition) is 3. The fraction of sp³-hybridized carbons (Fsp3) is 0.250. The molecule has 124 valence electrons. The lowest BCUT2D eigenvalue weighted by Crippen LogP contribution is -2.14. The molecule has 3 aromatic rings. The van der Waals surface area contributed by atoms with E-state index in [-0.39, 0.29) is 0 Å². The second-order valence-electron chi connectivity index (χ2n) is 5.85. The number of aromatic nitrogens is 2. The monoisotopic (exact) mass is 321 g/mol. The quantitative estimate of drug-likeness (QED) is 0.751. The van der Waals surface area contributed by atoms with Gasteiger partial charge in [0.25, 0.3) is 0 Å². The summed E-state index contributed by atoms with van der Waals surface area (Å²) in [4.78, 5) is 0. The van der Waals surface area contributed by atoms with Crippen LogP contribution < -0.4 is 10.1 Å². The topological polar surface area (TPSA) is 39.1 Å². The van der Waals surface area contributed by atoms with Crippen LogP contribution in [0.15, 0.2) is 54.6 Å². The van der Waals surface area contributed by atoms with Crippen LogP contribution in [0.4, 0.5) is 0 Å². The van der Waals surface area contributed by atoms with Gasteiger partial charge in [-0.25, -0.2) is 4.68 Å². The zero-order valence-electron chi connectivity index (χ0n) is 14.4. The minimum atomic E-state index is 0.793. The largest absolute Gasteiger partial charge is 0.497 e. The van der Waals surface area contributed by atoms with E-state index in [1.807, 2.05) is 35.0 Å². The lowest BCUT2D eigenvalue weighted by atomic mass is 10.1. The molecule has 3 rings (SSSR count). The van der Waals surface area contributed by atoms with Crippen molar-refractivity contribution in [3.63, 3.8) is 0 Å². The minimum Gasteiger partial charge on any atom is -0.497 e. The molecule has 0 radical (unpaired) electrons. The van der Waals surface area contributed by atoms with E-state index in [0.717, 1.165) is 30.2 Å². The van der Waals surface area contributed by atoms with E-state index in [0.29, 0.717) is 0 Å². The number of para-hydroxylation sites is 1. The highest BCUT2D eigenvalue weighted by Gasteiger charge is 2.12. The van der Waals surface area contributed by atoms with E-state index >= 15 is 0 Å². The molecule has 4 nitrogen and oxygen atoms in total. The SMILES string of the molecule is COc1cccc(CNCc2c(C)nn(-c3ccccc3)c2C)c1. The molecule has 0 aliphatic rings.